The van der Waals surface area contributed by atoms with Crippen LogP contribution in [0.15, 0.2) is 53.2 Å². The quantitative estimate of drug-likeness (QED) is 0.772. The largest absolute Gasteiger partial charge is 0.493 e. The van der Waals surface area contributed by atoms with E-state index in [9.17, 15) is 0 Å². The van der Waals surface area contributed by atoms with E-state index in [1.54, 1.807) is 13.3 Å². The molecule has 2 aromatic heterocycles. The summed E-state index contributed by atoms with van der Waals surface area (Å²) in [4.78, 5) is 4.09. The highest BCUT2D eigenvalue weighted by atomic mass is 16.5. The van der Waals surface area contributed by atoms with Gasteiger partial charge in [0.25, 0.3) is 0 Å². The first-order valence-electron chi connectivity index (χ1n) is 6.52. The van der Waals surface area contributed by atoms with Crippen LogP contribution in [0.3, 0.4) is 0 Å². The maximum Gasteiger partial charge on any atom is 0.176 e. The Labute approximate surface area is 117 Å². The molecule has 3 rings (SSSR count). The minimum atomic E-state index is 0.673. The zero-order valence-electron chi connectivity index (χ0n) is 11.3. The number of para-hydroxylation sites is 1. The molecule has 102 valence electrons. The number of methoxy groups -OCH3 is 1. The molecule has 20 heavy (non-hydrogen) atoms. The van der Waals surface area contributed by atoms with Gasteiger partial charge in [0.2, 0.25) is 0 Å². The van der Waals surface area contributed by atoms with Crippen LogP contribution < -0.4 is 10.1 Å². The van der Waals surface area contributed by atoms with E-state index in [0.29, 0.717) is 6.54 Å². The molecule has 0 bridgehead atoms. The van der Waals surface area contributed by atoms with Crippen molar-refractivity contribution in [2.45, 2.75) is 13.1 Å². The Morgan fingerprint density at radius 3 is 2.95 bits per heavy atom. The van der Waals surface area contributed by atoms with Crippen LogP contribution >= 0.6 is 0 Å². The van der Waals surface area contributed by atoms with Crippen molar-refractivity contribution in [2.75, 3.05) is 7.11 Å². The van der Waals surface area contributed by atoms with Gasteiger partial charge in [-0.15, -0.1) is 0 Å². The Hall–Kier alpha value is -2.33. The highest BCUT2D eigenvalue weighted by molar-refractivity contribution is 5.83. The van der Waals surface area contributed by atoms with Crippen LogP contribution in [0.2, 0.25) is 0 Å². The zero-order chi connectivity index (χ0) is 13.8. The molecule has 0 fully saturated rings. The summed E-state index contributed by atoms with van der Waals surface area (Å²) in [5, 5.41) is 4.40. The molecule has 0 unspecified atom stereocenters. The normalized spacial score (nSPS) is 10.8. The molecule has 0 radical (unpaired) electrons. The molecule has 0 saturated carbocycles. The Morgan fingerprint density at radius 2 is 2.15 bits per heavy atom. The van der Waals surface area contributed by atoms with E-state index in [1.807, 2.05) is 42.6 Å². The van der Waals surface area contributed by atoms with E-state index in [1.165, 1.54) is 0 Å². The third-order valence-corrected chi connectivity index (χ3v) is 3.13. The van der Waals surface area contributed by atoms with Crippen LogP contribution in [0.1, 0.15) is 11.3 Å². The Bertz CT molecular complexity index is 692. The number of benzene rings is 1. The third-order valence-electron chi connectivity index (χ3n) is 3.13. The summed E-state index contributed by atoms with van der Waals surface area (Å²) in [5.41, 5.74) is 1.95. The lowest BCUT2D eigenvalue weighted by atomic mass is 10.2. The van der Waals surface area contributed by atoms with Gasteiger partial charge in [0.05, 0.1) is 13.7 Å². The van der Waals surface area contributed by atoms with Crippen molar-refractivity contribution in [2.24, 2.45) is 0 Å². The second-order valence-corrected chi connectivity index (χ2v) is 4.56. The topological polar surface area (TPSA) is 47.3 Å². The van der Waals surface area contributed by atoms with Gasteiger partial charge in [-0.25, -0.2) is 0 Å². The SMILES string of the molecule is COc1cccc2cc(CNCc3cccnc3)oc12. The predicted molar refractivity (Wildman–Crippen MR) is 77.5 cm³/mol. The zero-order valence-corrected chi connectivity index (χ0v) is 11.3. The third kappa shape index (κ3) is 2.65. The highest BCUT2D eigenvalue weighted by Crippen LogP contribution is 2.28. The van der Waals surface area contributed by atoms with Gasteiger partial charge in [-0.1, -0.05) is 18.2 Å². The fourth-order valence-electron chi connectivity index (χ4n) is 2.17. The molecule has 0 aliphatic carbocycles. The first kappa shape index (κ1) is 12.7. The van der Waals surface area contributed by atoms with E-state index in [2.05, 4.69) is 10.3 Å². The first-order valence-corrected chi connectivity index (χ1v) is 6.52. The molecule has 0 atom stereocenters. The number of rotatable bonds is 5. The number of nitrogens with one attached hydrogen (secondary N) is 1. The lowest BCUT2D eigenvalue weighted by Crippen LogP contribution is -2.12. The molecular formula is C16H16N2O2. The van der Waals surface area contributed by atoms with E-state index in [4.69, 9.17) is 9.15 Å². The molecule has 0 spiro atoms. The summed E-state index contributed by atoms with van der Waals surface area (Å²) in [5.74, 6) is 1.66. The standard InChI is InChI=1S/C16H16N2O2/c1-19-15-6-2-5-13-8-14(20-16(13)15)11-18-10-12-4-3-7-17-9-12/h2-9,18H,10-11H2,1H3. The van der Waals surface area contributed by atoms with Gasteiger partial charge in [-0.2, -0.15) is 0 Å². The fourth-order valence-corrected chi connectivity index (χ4v) is 2.17. The molecule has 0 amide bonds. The number of furan rings is 1. The minimum absolute atomic E-state index is 0.673. The maximum absolute atomic E-state index is 5.82. The predicted octanol–water partition coefficient (Wildman–Crippen LogP) is 3.13. The van der Waals surface area contributed by atoms with Crippen molar-refractivity contribution < 1.29 is 9.15 Å². The van der Waals surface area contributed by atoms with Crippen LogP contribution in [-0.4, -0.2) is 12.1 Å². The van der Waals surface area contributed by atoms with Crippen molar-refractivity contribution in [3.8, 4) is 5.75 Å². The molecule has 0 aliphatic rings. The Balaban J connectivity index is 1.69. The molecule has 4 nitrogen and oxygen atoms in total. The van der Waals surface area contributed by atoms with Crippen molar-refractivity contribution >= 4 is 11.0 Å². The molecular weight excluding hydrogens is 252 g/mol. The molecule has 1 aromatic carbocycles. The van der Waals surface area contributed by atoms with Crippen molar-refractivity contribution in [3.63, 3.8) is 0 Å². The average molecular weight is 268 g/mol. The van der Waals surface area contributed by atoms with Crippen molar-refractivity contribution in [1.82, 2.24) is 10.3 Å². The number of nitrogens with zero attached hydrogens (tertiary/aromatic N) is 1. The first-order chi connectivity index (χ1) is 9.86. The van der Waals surface area contributed by atoms with E-state index in [0.717, 1.165) is 34.6 Å². The maximum atomic E-state index is 5.82. The van der Waals surface area contributed by atoms with E-state index < -0.39 is 0 Å². The fraction of sp³-hybridized carbons (Fsp3) is 0.188. The smallest absolute Gasteiger partial charge is 0.176 e. The highest BCUT2D eigenvalue weighted by Gasteiger charge is 2.08. The minimum Gasteiger partial charge on any atom is -0.493 e. The molecule has 0 aliphatic heterocycles. The van der Waals surface area contributed by atoms with E-state index in [-0.39, 0.29) is 0 Å². The van der Waals surface area contributed by atoms with Crippen LogP contribution in [-0.2, 0) is 13.1 Å². The lowest BCUT2D eigenvalue weighted by Gasteiger charge is -2.02. The lowest BCUT2D eigenvalue weighted by molar-refractivity contribution is 0.406. The number of hydrogen-bond donors (Lipinski definition) is 1. The second kappa shape index (κ2) is 5.75. The van der Waals surface area contributed by atoms with Gasteiger partial charge in [-0.3, -0.25) is 4.98 Å². The van der Waals surface area contributed by atoms with Crippen LogP contribution in [0.4, 0.5) is 0 Å². The van der Waals surface area contributed by atoms with Crippen LogP contribution in [0, 0.1) is 0 Å². The van der Waals surface area contributed by atoms with Crippen molar-refractivity contribution in [3.05, 3.63) is 60.1 Å². The van der Waals surface area contributed by atoms with Gasteiger partial charge in [0.1, 0.15) is 5.76 Å². The van der Waals surface area contributed by atoms with Crippen LogP contribution in [0.25, 0.3) is 11.0 Å². The molecule has 3 aromatic rings. The summed E-state index contributed by atoms with van der Waals surface area (Å²) in [7, 11) is 1.65. The summed E-state index contributed by atoms with van der Waals surface area (Å²) >= 11 is 0. The number of aromatic nitrogens is 1. The number of pyridine rings is 1. The molecule has 1 N–H and O–H groups in total. The van der Waals surface area contributed by atoms with Crippen molar-refractivity contribution in [1.29, 1.82) is 0 Å². The Kier molecular flexibility index (Phi) is 3.65. The summed E-state index contributed by atoms with van der Waals surface area (Å²) in [6.45, 7) is 1.44. The Morgan fingerprint density at radius 1 is 1.20 bits per heavy atom. The number of ether oxygens (including phenoxy) is 1. The van der Waals surface area contributed by atoms with Gasteiger partial charge in [0, 0.05) is 24.3 Å². The number of fused-ring (bicyclic) bond motifs is 1. The molecule has 0 saturated heterocycles. The van der Waals surface area contributed by atoms with Gasteiger partial charge < -0.3 is 14.5 Å². The number of hydrogen-bond acceptors (Lipinski definition) is 4. The van der Waals surface area contributed by atoms with Crippen LogP contribution in [0.5, 0.6) is 5.75 Å². The second-order valence-electron chi connectivity index (χ2n) is 4.56. The van der Waals surface area contributed by atoms with E-state index >= 15 is 0 Å². The summed E-state index contributed by atoms with van der Waals surface area (Å²) in [6, 6.07) is 11.9. The summed E-state index contributed by atoms with van der Waals surface area (Å²) in [6.07, 6.45) is 3.63. The summed E-state index contributed by atoms with van der Waals surface area (Å²) < 4.78 is 11.1. The van der Waals surface area contributed by atoms with Gasteiger partial charge in [-0.05, 0) is 23.8 Å². The van der Waals surface area contributed by atoms with Gasteiger partial charge >= 0.3 is 0 Å². The molecule has 2 heterocycles. The molecule has 4 heteroatoms. The van der Waals surface area contributed by atoms with Gasteiger partial charge in [0.15, 0.2) is 11.3 Å². The average Bonchev–Trinajstić information content (AvgIpc) is 2.91. The monoisotopic (exact) mass is 268 g/mol.